The van der Waals surface area contributed by atoms with Gasteiger partial charge in [0, 0.05) is 30.5 Å². The monoisotopic (exact) mass is 252 g/mol. The van der Waals surface area contributed by atoms with E-state index in [1.54, 1.807) is 12.1 Å². The normalized spacial score (nSPS) is 20.1. The van der Waals surface area contributed by atoms with Crippen molar-refractivity contribution in [2.75, 3.05) is 11.5 Å². The first-order valence-corrected chi connectivity index (χ1v) is 6.95. The van der Waals surface area contributed by atoms with Crippen LogP contribution in [0.3, 0.4) is 0 Å². The van der Waals surface area contributed by atoms with E-state index in [-0.39, 0.29) is 10.6 Å². The fourth-order valence-electron chi connectivity index (χ4n) is 1.94. The Morgan fingerprint density at radius 3 is 3.12 bits per heavy atom. The molecule has 1 N–H and O–H groups in total. The van der Waals surface area contributed by atoms with E-state index < -0.39 is 0 Å². The highest BCUT2D eigenvalue weighted by molar-refractivity contribution is 7.99. The van der Waals surface area contributed by atoms with Crippen LogP contribution in [0.2, 0.25) is 0 Å². The minimum atomic E-state index is -0.347. The molecule has 0 amide bonds. The zero-order valence-electron chi connectivity index (χ0n) is 9.59. The number of hydrogen-bond donors (Lipinski definition) is 1. The first-order chi connectivity index (χ1) is 8.25. The highest BCUT2D eigenvalue weighted by atomic mass is 32.2. The van der Waals surface area contributed by atoms with Crippen LogP contribution in [0.4, 0.5) is 5.69 Å². The molecular formula is C12H16N2O2S. The Bertz CT molecular complexity index is 392. The molecule has 1 aliphatic heterocycles. The van der Waals surface area contributed by atoms with Crippen molar-refractivity contribution in [2.45, 2.75) is 25.4 Å². The molecule has 17 heavy (non-hydrogen) atoms. The topological polar surface area (TPSA) is 55.2 Å². The van der Waals surface area contributed by atoms with Crippen LogP contribution in [-0.4, -0.2) is 22.5 Å². The van der Waals surface area contributed by atoms with Gasteiger partial charge in [-0.05, 0) is 24.2 Å². The predicted molar refractivity (Wildman–Crippen MR) is 70.3 cm³/mol. The van der Waals surface area contributed by atoms with E-state index >= 15 is 0 Å². The van der Waals surface area contributed by atoms with E-state index in [9.17, 15) is 10.1 Å². The van der Waals surface area contributed by atoms with Crippen LogP contribution < -0.4 is 5.32 Å². The van der Waals surface area contributed by atoms with E-state index in [1.165, 1.54) is 24.7 Å². The number of non-ortho nitro benzene ring substituents is 1. The van der Waals surface area contributed by atoms with E-state index in [0.29, 0.717) is 12.6 Å². The van der Waals surface area contributed by atoms with Gasteiger partial charge in [-0.2, -0.15) is 11.8 Å². The summed E-state index contributed by atoms with van der Waals surface area (Å²) in [6, 6.07) is 7.39. The molecule has 1 aromatic rings. The number of rotatable bonds is 4. The van der Waals surface area contributed by atoms with Crippen molar-refractivity contribution in [1.82, 2.24) is 5.32 Å². The number of nitro groups is 1. The maximum atomic E-state index is 10.6. The third kappa shape index (κ3) is 3.71. The van der Waals surface area contributed by atoms with Crippen LogP contribution in [0, 0.1) is 10.1 Å². The highest BCUT2D eigenvalue weighted by Crippen LogP contribution is 2.18. The second-order valence-electron chi connectivity index (χ2n) is 4.22. The molecular weight excluding hydrogens is 236 g/mol. The molecule has 0 aliphatic carbocycles. The van der Waals surface area contributed by atoms with E-state index in [4.69, 9.17) is 0 Å². The Morgan fingerprint density at radius 2 is 2.41 bits per heavy atom. The summed E-state index contributed by atoms with van der Waals surface area (Å²) in [4.78, 5) is 10.3. The van der Waals surface area contributed by atoms with Crippen molar-refractivity contribution < 1.29 is 4.92 Å². The fourth-order valence-corrected chi connectivity index (χ4v) is 3.05. The third-order valence-electron chi connectivity index (χ3n) is 2.88. The number of nitrogens with zero attached hydrogens (tertiary/aromatic N) is 1. The molecule has 1 aromatic carbocycles. The van der Waals surface area contributed by atoms with Gasteiger partial charge in [0.2, 0.25) is 0 Å². The lowest BCUT2D eigenvalue weighted by Crippen LogP contribution is -2.33. The summed E-state index contributed by atoms with van der Waals surface area (Å²) in [5.74, 6) is 2.41. The van der Waals surface area contributed by atoms with Gasteiger partial charge >= 0.3 is 0 Å². The second kappa shape index (κ2) is 6.02. The van der Waals surface area contributed by atoms with Crippen molar-refractivity contribution in [3.05, 3.63) is 39.9 Å². The lowest BCUT2D eigenvalue weighted by atomic mass is 10.1. The molecule has 5 heteroatoms. The predicted octanol–water partition coefficient (Wildman–Crippen LogP) is 2.58. The van der Waals surface area contributed by atoms with Crippen LogP contribution in [0.5, 0.6) is 0 Å². The lowest BCUT2D eigenvalue weighted by Gasteiger charge is -2.22. The molecule has 4 nitrogen and oxygen atoms in total. The molecule has 92 valence electrons. The van der Waals surface area contributed by atoms with Crippen LogP contribution >= 0.6 is 11.8 Å². The Kier molecular flexibility index (Phi) is 4.39. The van der Waals surface area contributed by atoms with Gasteiger partial charge in [0.25, 0.3) is 5.69 Å². The SMILES string of the molecule is O=[N+]([O-])c1cccc(CNC2CCCSC2)c1. The Morgan fingerprint density at radius 1 is 1.53 bits per heavy atom. The van der Waals surface area contributed by atoms with Crippen molar-refractivity contribution in [2.24, 2.45) is 0 Å². The molecule has 0 spiro atoms. The zero-order valence-corrected chi connectivity index (χ0v) is 10.4. The molecule has 1 unspecified atom stereocenters. The maximum Gasteiger partial charge on any atom is 0.269 e. The highest BCUT2D eigenvalue weighted by Gasteiger charge is 2.13. The average Bonchev–Trinajstić information content (AvgIpc) is 2.38. The van der Waals surface area contributed by atoms with Crippen molar-refractivity contribution in [3.63, 3.8) is 0 Å². The molecule has 0 saturated carbocycles. The number of nitro benzene ring substituents is 1. The number of nitrogens with one attached hydrogen (secondary N) is 1. The largest absolute Gasteiger partial charge is 0.309 e. The molecule has 0 radical (unpaired) electrons. The van der Waals surface area contributed by atoms with Crippen molar-refractivity contribution >= 4 is 17.4 Å². The maximum absolute atomic E-state index is 10.6. The molecule has 1 heterocycles. The van der Waals surface area contributed by atoms with Gasteiger partial charge in [-0.1, -0.05) is 12.1 Å². The Hall–Kier alpha value is -1.07. The van der Waals surface area contributed by atoms with Gasteiger partial charge in [-0.3, -0.25) is 10.1 Å². The number of benzene rings is 1. The Balaban J connectivity index is 1.89. The van der Waals surface area contributed by atoms with Gasteiger partial charge in [-0.15, -0.1) is 0 Å². The quantitative estimate of drug-likeness (QED) is 0.661. The fraction of sp³-hybridized carbons (Fsp3) is 0.500. The molecule has 0 bridgehead atoms. The minimum Gasteiger partial charge on any atom is -0.309 e. The van der Waals surface area contributed by atoms with Gasteiger partial charge in [0.1, 0.15) is 0 Å². The van der Waals surface area contributed by atoms with E-state index in [2.05, 4.69) is 5.32 Å². The zero-order chi connectivity index (χ0) is 12.1. The van der Waals surface area contributed by atoms with Crippen LogP contribution in [-0.2, 0) is 6.54 Å². The van der Waals surface area contributed by atoms with Crippen LogP contribution in [0.15, 0.2) is 24.3 Å². The number of thioether (sulfide) groups is 1. The standard InChI is InChI=1S/C12H16N2O2S/c15-14(16)12-5-1-3-10(7-12)8-13-11-4-2-6-17-9-11/h1,3,5,7,11,13H,2,4,6,8-9H2. The Labute approximate surface area is 105 Å². The van der Waals surface area contributed by atoms with Crippen LogP contribution in [0.1, 0.15) is 18.4 Å². The molecule has 1 atom stereocenters. The molecule has 2 rings (SSSR count). The van der Waals surface area contributed by atoms with Gasteiger partial charge in [0.05, 0.1) is 4.92 Å². The third-order valence-corrected chi connectivity index (χ3v) is 4.09. The van der Waals surface area contributed by atoms with E-state index in [1.807, 2.05) is 17.8 Å². The molecule has 1 saturated heterocycles. The second-order valence-corrected chi connectivity index (χ2v) is 5.37. The first kappa shape index (κ1) is 12.4. The molecule has 0 aromatic heterocycles. The average molecular weight is 252 g/mol. The van der Waals surface area contributed by atoms with Gasteiger partial charge < -0.3 is 5.32 Å². The van der Waals surface area contributed by atoms with Crippen molar-refractivity contribution in [3.8, 4) is 0 Å². The van der Waals surface area contributed by atoms with E-state index in [0.717, 1.165) is 11.3 Å². The molecule has 1 fully saturated rings. The summed E-state index contributed by atoms with van der Waals surface area (Å²) >= 11 is 1.98. The smallest absolute Gasteiger partial charge is 0.269 e. The summed E-state index contributed by atoms with van der Waals surface area (Å²) < 4.78 is 0. The summed E-state index contributed by atoms with van der Waals surface area (Å²) in [5, 5.41) is 14.1. The summed E-state index contributed by atoms with van der Waals surface area (Å²) in [5.41, 5.74) is 1.15. The lowest BCUT2D eigenvalue weighted by molar-refractivity contribution is -0.384. The minimum absolute atomic E-state index is 0.169. The molecule has 1 aliphatic rings. The first-order valence-electron chi connectivity index (χ1n) is 5.80. The summed E-state index contributed by atoms with van der Waals surface area (Å²) in [6.07, 6.45) is 2.47. The van der Waals surface area contributed by atoms with Gasteiger partial charge in [-0.25, -0.2) is 0 Å². The van der Waals surface area contributed by atoms with Crippen molar-refractivity contribution in [1.29, 1.82) is 0 Å². The number of hydrogen-bond acceptors (Lipinski definition) is 4. The summed E-state index contributed by atoms with van der Waals surface area (Å²) in [7, 11) is 0. The van der Waals surface area contributed by atoms with Gasteiger partial charge in [0.15, 0.2) is 0 Å². The van der Waals surface area contributed by atoms with Crippen LogP contribution in [0.25, 0.3) is 0 Å². The summed E-state index contributed by atoms with van der Waals surface area (Å²) in [6.45, 7) is 0.715.